The molecule has 9 atom stereocenters. The van der Waals surface area contributed by atoms with E-state index in [1.54, 1.807) is 6.92 Å². The summed E-state index contributed by atoms with van der Waals surface area (Å²) in [5.74, 6) is 2.81. The largest absolute Gasteiger partial charge is 0.481 e. The SMILES string of the molecule is CC(=O)O[C@@H]1CC[C@]2(C)C3CC[C@@]4(C)C(CC[C@@H]4[C@H](C)CCC(=O)O)[C@@H]3CC[C@]2(C)C1. The minimum Gasteiger partial charge on any atom is -0.481 e. The number of carbonyl (C=O) groups is 2. The van der Waals surface area contributed by atoms with Crippen LogP contribution in [0.4, 0.5) is 0 Å². The minimum atomic E-state index is -0.654. The first-order valence-electron chi connectivity index (χ1n) is 12.9. The van der Waals surface area contributed by atoms with Gasteiger partial charge in [0, 0.05) is 13.3 Å². The van der Waals surface area contributed by atoms with Crippen LogP contribution in [0.2, 0.25) is 0 Å². The minimum absolute atomic E-state index is 0.104. The van der Waals surface area contributed by atoms with Gasteiger partial charge in [0.25, 0.3) is 0 Å². The molecule has 0 heterocycles. The monoisotopic (exact) mass is 432 g/mol. The number of esters is 1. The maximum atomic E-state index is 11.6. The Labute approximate surface area is 188 Å². The van der Waals surface area contributed by atoms with Crippen molar-refractivity contribution in [2.45, 2.75) is 111 Å². The Hall–Kier alpha value is -1.06. The Morgan fingerprint density at radius 1 is 1.00 bits per heavy atom. The van der Waals surface area contributed by atoms with E-state index in [4.69, 9.17) is 9.84 Å². The first kappa shape index (κ1) is 23.1. The van der Waals surface area contributed by atoms with Gasteiger partial charge in [0.2, 0.25) is 0 Å². The Kier molecular flexibility index (Phi) is 6.01. The zero-order valence-corrected chi connectivity index (χ0v) is 20.4. The van der Waals surface area contributed by atoms with Crippen molar-refractivity contribution in [2.24, 2.45) is 45.8 Å². The molecule has 0 spiro atoms. The average Bonchev–Trinajstić information content (AvgIpc) is 3.04. The van der Waals surface area contributed by atoms with E-state index in [9.17, 15) is 9.59 Å². The molecule has 176 valence electrons. The number of rotatable bonds is 5. The molecule has 0 aromatic carbocycles. The number of ether oxygens (including phenoxy) is 1. The molecule has 0 aromatic rings. The highest BCUT2D eigenvalue weighted by Gasteiger charge is 2.63. The highest BCUT2D eigenvalue weighted by molar-refractivity contribution is 5.66. The Morgan fingerprint density at radius 2 is 1.74 bits per heavy atom. The van der Waals surface area contributed by atoms with Gasteiger partial charge in [0.05, 0.1) is 0 Å². The first-order valence-corrected chi connectivity index (χ1v) is 12.9. The summed E-state index contributed by atoms with van der Waals surface area (Å²) in [4.78, 5) is 22.7. The summed E-state index contributed by atoms with van der Waals surface area (Å²) in [5.41, 5.74) is 1.01. The molecular formula is C27H44O4. The van der Waals surface area contributed by atoms with Gasteiger partial charge in [-0.05, 0) is 110 Å². The van der Waals surface area contributed by atoms with Gasteiger partial charge in [-0.15, -0.1) is 0 Å². The maximum Gasteiger partial charge on any atom is 0.303 e. The lowest BCUT2D eigenvalue weighted by Gasteiger charge is -2.65. The van der Waals surface area contributed by atoms with Crippen LogP contribution in [-0.4, -0.2) is 23.1 Å². The summed E-state index contributed by atoms with van der Waals surface area (Å²) >= 11 is 0. The molecular weight excluding hydrogens is 388 g/mol. The number of hydrogen-bond acceptors (Lipinski definition) is 3. The summed E-state index contributed by atoms with van der Waals surface area (Å²) in [5, 5.41) is 9.16. The van der Waals surface area contributed by atoms with E-state index < -0.39 is 5.97 Å². The van der Waals surface area contributed by atoms with Crippen LogP contribution in [0.1, 0.15) is 105 Å². The van der Waals surface area contributed by atoms with Crippen LogP contribution in [-0.2, 0) is 14.3 Å². The Bertz CT molecular complexity index is 718. The molecule has 4 aliphatic rings. The van der Waals surface area contributed by atoms with Gasteiger partial charge in [-0.2, -0.15) is 0 Å². The first-order chi connectivity index (χ1) is 14.5. The van der Waals surface area contributed by atoms with Gasteiger partial charge in [-0.3, -0.25) is 9.59 Å². The van der Waals surface area contributed by atoms with Crippen LogP contribution in [0.3, 0.4) is 0 Å². The highest BCUT2D eigenvalue weighted by atomic mass is 16.5. The molecule has 4 rings (SSSR count). The van der Waals surface area contributed by atoms with Gasteiger partial charge in [0.1, 0.15) is 6.10 Å². The highest BCUT2D eigenvalue weighted by Crippen LogP contribution is 2.71. The lowest BCUT2D eigenvalue weighted by atomic mass is 9.40. The standard InChI is InChI=1S/C27H44O4/c1-17(6-9-24(29)30)21-7-8-22-20-11-13-25(3)16-19(31-18(2)28)10-15-27(25,5)23(20)12-14-26(21,22)4/h17,19-23H,6-16H2,1-5H3,(H,29,30)/t17-,19-,20+,21-,22?,23?,25-,26-,27-/m1/s1. The second-order valence-electron chi connectivity index (χ2n) is 12.5. The fourth-order valence-corrected chi connectivity index (χ4v) is 9.45. The van der Waals surface area contributed by atoms with E-state index in [0.29, 0.717) is 29.1 Å². The quantitative estimate of drug-likeness (QED) is 0.506. The van der Waals surface area contributed by atoms with Crippen LogP contribution < -0.4 is 0 Å². The van der Waals surface area contributed by atoms with Crippen LogP contribution in [0, 0.1) is 45.8 Å². The smallest absolute Gasteiger partial charge is 0.303 e. The molecule has 4 aliphatic carbocycles. The van der Waals surface area contributed by atoms with Gasteiger partial charge in [-0.25, -0.2) is 0 Å². The van der Waals surface area contributed by atoms with Crippen molar-refractivity contribution in [3.05, 3.63) is 0 Å². The third-order valence-electron chi connectivity index (χ3n) is 11.2. The van der Waals surface area contributed by atoms with E-state index in [1.165, 1.54) is 44.9 Å². The summed E-state index contributed by atoms with van der Waals surface area (Å²) < 4.78 is 5.67. The van der Waals surface area contributed by atoms with Crippen molar-refractivity contribution >= 4 is 11.9 Å². The zero-order chi connectivity index (χ0) is 22.6. The fraction of sp³-hybridized carbons (Fsp3) is 0.926. The predicted octanol–water partition coefficient (Wildman–Crippen LogP) is 6.47. The average molecular weight is 433 g/mol. The number of aliphatic carboxylic acids is 1. The van der Waals surface area contributed by atoms with Crippen LogP contribution in [0.15, 0.2) is 0 Å². The third-order valence-corrected chi connectivity index (χ3v) is 11.2. The van der Waals surface area contributed by atoms with E-state index in [1.807, 2.05) is 0 Å². The normalized spacial score (nSPS) is 47.6. The topological polar surface area (TPSA) is 63.6 Å². The lowest BCUT2D eigenvalue weighted by Crippen LogP contribution is -2.58. The van der Waals surface area contributed by atoms with E-state index in [2.05, 4.69) is 27.7 Å². The molecule has 0 aromatic heterocycles. The molecule has 4 saturated carbocycles. The van der Waals surface area contributed by atoms with Crippen LogP contribution in [0.25, 0.3) is 0 Å². The van der Waals surface area contributed by atoms with Gasteiger partial charge in [0.15, 0.2) is 0 Å². The summed E-state index contributed by atoms with van der Waals surface area (Å²) in [7, 11) is 0. The molecule has 4 fully saturated rings. The number of fused-ring (bicyclic) bond motifs is 5. The van der Waals surface area contributed by atoms with Crippen molar-refractivity contribution in [2.75, 3.05) is 0 Å². The number of carboxylic acids is 1. The summed E-state index contributed by atoms with van der Waals surface area (Å²) in [6, 6.07) is 0. The summed E-state index contributed by atoms with van der Waals surface area (Å²) in [6.45, 7) is 11.5. The Balaban J connectivity index is 1.51. The fourth-order valence-electron chi connectivity index (χ4n) is 9.45. The molecule has 4 heteroatoms. The Morgan fingerprint density at radius 3 is 2.42 bits per heavy atom. The molecule has 0 aliphatic heterocycles. The molecule has 0 saturated heterocycles. The molecule has 31 heavy (non-hydrogen) atoms. The van der Waals surface area contributed by atoms with E-state index in [-0.39, 0.29) is 17.5 Å². The predicted molar refractivity (Wildman–Crippen MR) is 121 cm³/mol. The van der Waals surface area contributed by atoms with Gasteiger partial charge in [-0.1, -0.05) is 27.7 Å². The molecule has 1 N–H and O–H groups in total. The van der Waals surface area contributed by atoms with Crippen molar-refractivity contribution in [1.82, 2.24) is 0 Å². The molecule has 0 radical (unpaired) electrons. The number of carboxylic acid groups (broad SMARTS) is 1. The maximum absolute atomic E-state index is 11.6. The van der Waals surface area contributed by atoms with E-state index >= 15 is 0 Å². The van der Waals surface area contributed by atoms with Crippen molar-refractivity contribution in [3.63, 3.8) is 0 Å². The van der Waals surface area contributed by atoms with E-state index in [0.717, 1.165) is 37.0 Å². The molecule has 4 nitrogen and oxygen atoms in total. The number of hydrogen-bond donors (Lipinski definition) is 1. The molecule has 0 amide bonds. The van der Waals surface area contributed by atoms with Crippen molar-refractivity contribution in [1.29, 1.82) is 0 Å². The molecule has 0 bridgehead atoms. The third kappa shape index (κ3) is 3.74. The number of carbonyl (C=O) groups excluding carboxylic acids is 1. The van der Waals surface area contributed by atoms with Crippen LogP contribution >= 0.6 is 0 Å². The molecule has 2 unspecified atom stereocenters. The van der Waals surface area contributed by atoms with Crippen molar-refractivity contribution < 1.29 is 19.4 Å². The van der Waals surface area contributed by atoms with Gasteiger partial charge < -0.3 is 9.84 Å². The second-order valence-corrected chi connectivity index (χ2v) is 12.5. The lowest BCUT2D eigenvalue weighted by molar-refractivity contribution is -0.183. The summed E-state index contributed by atoms with van der Waals surface area (Å²) in [6.07, 6.45) is 12.3. The van der Waals surface area contributed by atoms with Gasteiger partial charge >= 0.3 is 11.9 Å². The van der Waals surface area contributed by atoms with Crippen molar-refractivity contribution in [3.8, 4) is 0 Å². The zero-order valence-electron chi connectivity index (χ0n) is 20.4. The second kappa shape index (κ2) is 8.06. The van der Waals surface area contributed by atoms with Crippen LogP contribution in [0.5, 0.6) is 0 Å².